The molecular weight excluding hydrogens is 508 g/mol. The Hall–Kier alpha value is -3.35. The fourth-order valence-electron chi connectivity index (χ4n) is 4.05. The van der Waals surface area contributed by atoms with Crippen molar-refractivity contribution in [3.8, 4) is 0 Å². The molecule has 11 heteroatoms. The van der Waals surface area contributed by atoms with Crippen LogP contribution in [-0.2, 0) is 46.5 Å². The molecule has 4 N–H and O–H groups in total. The van der Waals surface area contributed by atoms with E-state index in [0.717, 1.165) is 11.1 Å². The van der Waals surface area contributed by atoms with E-state index in [1.54, 1.807) is 0 Å². The first-order valence-corrected chi connectivity index (χ1v) is 12.7. The highest BCUT2D eigenvalue weighted by molar-refractivity contribution is 5.86. The van der Waals surface area contributed by atoms with Crippen LogP contribution in [0.15, 0.2) is 60.7 Å². The molecule has 1 aliphatic heterocycles. The summed E-state index contributed by atoms with van der Waals surface area (Å²) in [4.78, 5) is 37.2. The SMILES string of the molecule is CC(=O)N[C@@H]1[C@H](OCc2ccccc2)O[C@H](CO)[C@@H](O)[C@H]1O[C@H](C)C(=O)N[C@H](C)C(=O)OCc1ccccc1. The van der Waals surface area contributed by atoms with Gasteiger partial charge < -0.3 is 39.8 Å². The molecule has 212 valence electrons. The van der Waals surface area contributed by atoms with Crippen LogP contribution in [0.1, 0.15) is 31.9 Å². The monoisotopic (exact) mass is 544 g/mol. The number of benzene rings is 2. The molecule has 1 saturated heterocycles. The zero-order chi connectivity index (χ0) is 28.4. The molecule has 0 saturated carbocycles. The highest BCUT2D eigenvalue weighted by Gasteiger charge is 2.48. The molecule has 0 aromatic heterocycles. The first-order valence-electron chi connectivity index (χ1n) is 12.7. The van der Waals surface area contributed by atoms with Crippen molar-refractivity contribution in [1.29, 1.82) is 0 Å². The van der Waals surface area contributed by atoms with Crippen molar-refractivity contribution in [1.82, 2.24) is 10.6 Å². The van der Waals surface area contributed by atoms with Crippen molar-refractivity contribution in [3.63, 3.8) is 0 Å². The van der Waals surface area contributed by atoms with E-state index in [9.17, 15) is 24.6 Å². The minimum atomic E-state index is -1.40. The fourth-order valence-corrected chi connectivity index (χ4v) is 4.05. The summed E-state index contributed by atoms with van der Waals surface area (Å²) < 4.78 is 22.8. The van der Waals surface area contributed by atoms with E-state index in [1.807, 2.05) is 60.7 Å². The normalized spacial score (nSPS) is 24.3. The Bertz CT molecular complexity index is 1070. The lowest BCUT2D eigenvalue weighted by atomic mass is 9.96. The van der Waals surface area contributed by atoms with Crippen LogP contribution < -0.4 is 10.6 Å². The summed E-state index contributed by atoms with van der Waals surface area (Å²) >= 11 is 0. The lowest BCUT2D eigenvalue weighted by Crippen LogP contribution is -2.66. The van der Waals surface area contributed by atoms with Gasteiger partial charge in [0.15, 0.2) is 6.29 Å². The topological polar surface area (TPSA) is 153 Å². The van der Waals surface area contributed by atoms with E-state index in [4.69, 9.17) is 18.9 Å². The molecule has 1 heterocycles. The second-order valence-electron chi connectivity index (χ2n) is 9.31. The average Bonchev–Trinajstić information content (AvgIpc) is 2.93. The molecule has 2 amide bonds. The van der Waals surface area contributed by atoms with Crippen LogP contribution in [-0.4, -0.2) is 77.4 Å². The maximum atomic E-state index is 12.9. The number of aliphatic hydroxyl groups excluding tert-OH is 2. The lowest BCUT2D eigenvalue weighted by Gasteiger charge is -2.44. The molecule has 1 fully saturated rings. The second-order valence-corrected chi connectivity index (χ2v) is 9.31. The number of amides is 2. The number of rotatable bonds is 12. The molecule has 2 aromatic carbocycles. The maximum absolute atomic E-state index is 12.9. The Balaban J connectivity index is 1.64. The van der Waals surface area contributed by atoms with Crippen molar-refractivity contribution >= 4 is 17.8 Å². The number of esters is 1. The molecule has 3 rings (SSSR count). The molecule has 39 heavy (non-hydrogen) atoms. The summed E-state index contributed by atoms with van der Waals surface area (Å²) in [6, 6.07) is 16.4. The lowest BCUT2D eigenvalue weighted by molar-refractivity contribution is -0.283. The van der Waals surface area contributed by atoms with E-state index in [0.29, 0.717) is 0 Å². The minimum absolute atomic E-state index is 0.0610. The third kappa shape index (κ3) is 8.84. The van der Waals surface area contributed by atoms with E-state index >= 15 is 0 Å². The van der Waals surface area contributed by atoms with E-state index in [2.05, 4.69) is 10.6 Å². The van der Waals surface area contributed by atoms with Gasteiger partial charge in [-0.05, 0) is 25.0 Å². The summed E-state index contributed by atoms with van der Waals surface area (Å²) in [5.74, 6) is -1.70. The van der Waals surface area contributed by atoms with E-state index in [-0.39, 0.29) is 13.2 Å². The van der Waals surface area contributed by atoms with Crippen molar-refractivity contribution in [2.75, 3.05) is 6.61 Å². The molecule has 7 atom stereocenters. The van der Waals surface area contributed by atoms with Gasteiger partial charge in [-0.2, -0.15) is 0 Å². The van der Waals surface area contributed by atoms with Crippen molar-refractivity contribution < 1.29 is 43.5 Å². The summed E-state index contributed by atoms with van der Waals surface area (Å²) in [6.45, 7) is 3.85. The maximum Gasteiger partial charge on any atom is 0.328 e. The average molecular weight is 545 g/mol. The third-order valence-electron chi connectivity index (χ3n) is 6.15. The Morgan fingerprint density at radius 1 is 0.974 bits per heavy atom. The summed E-state index contributed by atoms with van der Waals surface area (Å²) in [7, 11) is 0. The van der Waals surface area contributed by atoms with Gasteiger partial charge in [0.2, 0.25) is 11.8 Å². The summed E-state index contributed by atoms with van der Waals surface area (Å²) in [5.41, 5.74) is 1.65. The Labute approximate surface area is 227 Å². The van der Waals surface area contributed by atoms with Crippen LogP contribution >= 0.6 is 0 Å². The van der Waals surface area contributed by atoms with Crippen LogP contribution in [0.4, 0.5) is 0 Å². The zero-order valence-electron chi connectivity index (χ0n) is 22.2. The number of carbonyl (C=O) groups excluding carboxylic acids is 3. The number of ether oxygens (including phenoxy) is 4. The second kappa shape index (κ2) is 14.7. The van der Waals surface area contributed by atoms with E-state index in [1.165, 1.54) is 20.8 Å². The highest BCUT2D eigenvalue weighted by Crippen LogP contribution is 2.26. The first kappa shape index (κ1) is 30.2. The number of carbonyl (C=O) groups is 3. The van der Waals surface area contributed by atoms with Crippen LogP contribution in [0, 0.1) is 0 Å². The minimum Gasteiger partial charge on any atom is -0.459 e. The number of hydrogen-bond donors (Lipinski definition) is 4. The number of nitrogens with one attached hydrogen (secondary N) is 2. The number of aliphatic hydroxyl groups is 2. The van der Waals surface area contributed by atoms with Gasteiger partial charge in [0, 0.05) is 6.92 Å². The van der Waals surface area contributed by atoms with Gasteiger partial charge in [-0.1, -0.05) is 60.7 Å². The van der Waals surface area contributed by atoms with Crippen molar-refractivity contribution in [2.45, 2.75) is 76.8 Å². The van der Waals surface area contributed by atoms with Crippen LogP contribution in [0.5, 0.6) is 0 Å². The van der Waals surface area contributed by atoms with Crippen LogP contribution in [0.2, 0.25) is 0 Å². The van der Waals surface area contributed by atoms with Gasteiger partial charge in [0.1, 0.15) is 43.1 Å². The molecular formula is C28H36N2O9. The smallest absolute Gasteiger partial charge is 0.328 e. The Morgan fingerprint density at radius 2 is 1.56 bits per heavy atom. The van der Waals surface area contributed by atoms with Crippen LogP contribution in [0.25, 0.3) is 0 Å². The largest absolute Gasteiger partial charge is 0.459 e. The number of hydrogen-bond acceptors (Lipinski definition) is 9. The molecule has 0 spiro atoms. The van der Waals surface area contributed by atoms with Crippen LogP contribution in [0.3, 0.4) is 0 Å². The zero-order valence-corrected chi connectivity index (χ0v) is 22.2. The van der Waals surface area contributed by atoms with Gasteiger partial charge in [-0.3, -0.25) is 9.59 Å². The molecule has 0 radical (unpaired) electrons. The third-order valence-corrected chi connectivity index (χ3v) is 6.15. The molecule has 0 unspecified atom stereocenters. The molecule has 0 aliphatic carbocycles. The van der Waals surface area contributed by atoms with Crippen molar-refractivity contribution in [2.24, 2.45) is 0 Å². The molecule has 0 bridgehead atoms. The highest BCUT2D eigenvalue weighted by atomic mass is 16.7. The standard InChI is InChI=1S/C28H36N2O9/c1-17(27(35)36-15-20-10-6-4-7-11-20)29-26(34)18(2)38-25-23(30-19(3)32)28(39-22(14-31)24(25)33)37-16-21-12-8-5-9-13-21/h4-13,17-18,22-25,28,31,33H,14-16H2,1-3H3,(H,29,34)(H,30,32)/t17-,18-,22-,23+,24-,25+,28-/m1/s1. The summed E-state index contributed by atoms with van der Waals surface area (Å²) in [6.07, 6.45) is -5.92. The van der Waals surface area contributed by atoms with Gasteiger partial charge in [-0.25, -0.2) is 4.79 Å². The fraction of sp³-hybridized carbons (Fsp3) is 0.464. The predicted octanol–water partition coefficient (Wildman–Crippen LogP) is 0.808. The molecule has 2 aromatic rings. The Morgan fingerprint density at radius 3 is 2.13 bits per heavy atom. The van der Waals surface area contributed by atoms with Gasteiger partial charge in [0.05, 0.1) is 13.2 Å². The molecule has 11 nitrogen and oxygen atoms in total. The summed E-state index contributed by atoms with van der Waals surface area (Å²) in [5, 5.41) is 25.9. The Kier molecular flexibility index (Phi) is 11.4. The quantitative estimate of drug-likeness (QED) is 0.284. The first-order chi connectivity index (χ1) is 18.7. The molecule has 1 aliphatic rings. The predicted molar refractivity (Wildman–Crippen MR) is 139 cm³/mol. The van der Waals surface area contributed by atoms with E-state index < -0.39 is 67.2 Å². The van der Waals surface area contributed by atoms with Gasteiger partial charge >= 0.3 is 5.97 Å². The van der Waals surface area contributed by atoms with Crippen molar-refractivity contribution in [3.05, 3.63) is 71.8 Å². The van der Waals surface area contributed by atoms with Gasteiger partial charge in [-0.15, -0.1) is 0 Å². The van der Waals surface area contributed by atoms with Gasteiger partial charge in [0.25, 0.3) is 0 Å².